The van der Waals surface area contributed by atoms with Gasteiger partial charge in [0.05, 0.1) is 9.82 Å². The zero-order valence-corrected chi connectivity index (χ0v) is 16.4. The van der Waals surface area contributed by atoms with Crippen LogP contribution in [0.15, 0.2) is 53.4 Å². The average Bonchev–Trinajstić information content (AvgIpc) is 2.68. The molecule has 0 bridgehead atoms. The second-order valence-corrected chi connectivity index (χ2v) is 8.80. The summed E-state index contributed by atoms with van der Waals surface area (Å²) in [5.41, 5.74) is 0.889. The highest BCUT2D eigenvalue weighted by molar-refractivity contribution is 7.89. The van der Waals surface area contributed by atoms with Crippen LogP contribution in [0.1, 0.15) is 18.5 Å². The molecular weight excluding hydrogens is 390 g/mol. The number of halogens is 1. The minimum absolute atomic E-state index is 0.0455. The van der Waals surface area contributed by atoms with E-state index >= 15 is 0 Å². The molecule has 1 aliphatic heterocycles. The van der Waals surface area contributed by atoms with Gasteiger partial charge in [0.2, 0.25) is 10.0 Å². The summed E-state index contributed by atoms with van der Waals surface area (Å²) >= 11 is 5.93. The fourth-order valence-electron chi connectivity index (χ4n) is 3.19. The topological polar surface area (TPSA) is 83.8 Å². The van der Waals surface area contributed by atoms with Crippen molar-refractivity contribution in [2.24, 2.45) is 0 Å². The van der Waals surface area contributed by atoms with Gasteiger partial charge < -0.3 is 0 Å². The molecule has 0 amide bonds. The molecule has 0 aliphatic carbocycles. The number of rotatable bonds is 5. The molecule has 0 N–H and O–H groups in total. The number of nitrogens with zero attached hydrogens (tertiary/aromatic N) is 3. The molecule has 1 unspecified atom stereocenters. The minimum Gasteiger partial charge on any atom is -0.294 e. The number of nitro groups is 1. The van der Waals surface area contributed by atoms with Gasteiger partial charge in [-0.3, -0.25) is 15.0 Å². The van der Waals surface area contributed by atoms with Crippen molar-refractivity contribution in [2.75, 3.05) is 26.2 Å². The molecule has 3 rings (SSSR count). The van der Waals surface area contributed by atoms with Crippen LogP contribution >= 0.6 is 11.6 Å². The molecule has 0 radical (unpaired) electrons. The largest absolute Gasteiger partial charge is 0.294 e. The molecule has 1 heterocycles. The Hall–Kier alpha value is -2.00. The summed E-state index contributed by atoms with van der Waals surface area (Å²) in [4.78, 5) is 12.5. The van der Waals surface area contributed by atoms with Crippen molar-refractivity contribution >= 4 is 27.3 Å². The zero-order chi connectivity index (χ0) is 19.6. The molecule has 1 fully saturated rings. The van der Waals surface area contributed by atoms with Crippen LogP contribution in [-0.4, -0.2) is 48.7 Å². The molecule has 0 saturated carbocycles. The van der Waals surface area contributed by atoms with E-state index in [4.69, 9.17) is 11.6 Å². The first-order valence-electron chi connectivity index (χ1n) is 8.53. The van der Waals surface area contributed by atoms with Gasteiger partial charge in [-0.1, -0.05) is 29.8 Å². The van der Waals surface area contributed by atoms with Crippen LogP contribution in [0.2, 0.25) is 5.02 Å². The average molecular weight is 410 g/mol. The van der Waals surface area contributed by atoms with Gasteiger partial charge in [0.15, 0.2) is 0 Å². The van der Waals surface area contributed by atoms with Crippen LogP contribution < -0.4 is 0 Å². The third-order valence-corrected chi connectivity index (χ3v) is 6.99. The summed E-state index contributed by atoms with van der Waals surface area (Å²) in [5, 5.41) is 11.6. The van der Waals surface area contributed by atoms with Crippen LogP contribution in [0.4, 0.5) is 5.69 Å². The van der Waals surface area contributed by atoms with E-state index in [1.807, 2.05) is 24.3 Å². The van der Waals surface area contributed by atoms with E-state index in [0.29, 0.717) is 31.2 Å². The number of nitro benzene ring substituents is 1. The van der Waals surface area contributed by atoms with Crippen molar-refractivity contribution in [3.8, 4) is 0 Å². The van der Waals surface area contributed by atoms with E-state index in [9.17, 15) is 18.5 Å². The summed E-state index contributed by atoms with van der Waals surface area (Å²) in [5.74, 6) is 0. The van der Waals surface area contributed by atoms with Crippen LogP contribution in [0.25, 0.3) is 0 Å². The molecule has 1 aliphatic rings. The van der Waals surface area contributed by atoms with Crippen molar-refractivity contribution in [1.82, 2.24) is 9.21 Å². The van der Waals surface area contributed by atoms with Crippen molar-refractivity contribution < 1.29 is 13.3 Å². The maximum absolute atomic E-state index is 12.8. The summed E-state index contributed by atoms with van der Waals surface area (Å²) in [7, 11) is -3.75. The predicted molar refractivity (Wildman–Crippen MR) is 103 cm³/mol. The quantitative estimate of drug-likeness (QED) is 0.558. The van der Waals surface area contributed by atoms with Gasteiger partial charge in [-0.15, -0.1) is 0 Å². The Labute approximate surface area is 163 Å². The van der Waals surface area contributed by atoms with Gasteiger partial charge in [0.25, 0.3) is 5.69 Å². The van der Waals surface area contributed by atoms with Gasteiger partial charge in [0.1, 0.15) is 0 Å². The van der Waals surface area contributed by atoms with Crippen LogP contribution in [0.5, 0.6) is 0 Å². The summed E-state index contributed by atoms with van der Waals surface area (Å²) in [6.07, 6.45) is 0. The third kappa shape index (κ3) is 4.30. The van der Waals surface area contributed by atoms with E-state index in [-0.39, 0.29) is 16.6 Å². The third-order valence-electron chi connectivity index (χ3n) is 4.84. The molecule has 9 heteroatoms. The monoisotopic (exact) mass is 409 g/mol. The summed E-state index contributed by atoms with van der Waals surface area (Å²) in [6.45, 7) is 3.91. The Kier molecular flexibility index (Phi) is 5.81. The number of hydrogen-bond acceptors (Lipinski definition) is 5. The van der Waals surface area contributed by atoms with Gasteiger partial charge in [-0.25, -0.2) is 8.42 Å². The van der Waals surface area contributed by atoms with Gasteiger partial charge in [-0.05, 0) is 30.7 Å². The minimum atomic E-state index is -3.75. The second-order valence-electron chi connectivity index (χ2n) is 6.42. The Morgan fingerprint density at radius 2 is 1.70 bits per heavy atom. The van der Waals surface area contributed by atoms with Crippen molar-refractivity contribution in [3.05, 3.63) is 69.2 Å². The first kappa shape index (κ1) is 19.8. The Balaban J connectivity index is 1.70. The molecule has 7 nitrogen and oxygen atoms in total. The maximum atomic E-state index is 12.8. The Bertz CT molecular complexity index is 926. The molecular formula is C18H20ClN3O4S. The lowest BCUT2D eigenvalue weighted by Crippen LogP contribution is -2.49. The van der Waals surface area contributed by atoms with Crippen molar-refractivity contribution in [1.29, 1.82) is 0 Å². The maximum Gasteiger partial charge on any atom is 0.270 e. The van der Waals surface area contributed by atoms with E-state index in [2.05, 4.69) is 11.8 Å². The number of hydrogen-bond donors (Lipinski definition) is 0. The highest BCUT2D eigenvalue weighted by Gasteiger charge is 2.31. The van der Waals surface area contributed by atoms with E-state index in [0.717, 1.165) is 11.6 Å². The first-order chi connectivity index (χ1) is 12.8. The molecule has 0 aromatic heterocycles. The van der Waals surface area contributed by atoms with Gasteiger partial charge in [-0.2, -0.15) is 4.31 Å². The lowest BCUT2D eigenvalue weighted by Gasteiger charge is -2.37. The van der Waals surface area contributed by atoms with Gasteiger partial charge in [0, 0.05) is 49.4 Å². The van der Waals surface area contributed by atoms with Crippen molar-refractivity contribution in [3.63, 3.8) is 0 Å². The molecule has 2 aromatic carbocycles. The first-order valence-corrected chi connectivity index (χ1v) is 10.3. The van der Waals surface area contributed by atoms with Gasteiger partial charge >= 0.3 is 0 Å². The van der Waals surface area contributed by atoms with E-state index in [1.165, 1.54) is 22.5 Å². The molecule has 2 aromatic rings. The highest BCUT2D eigenvalue weighted by Crippen LogP contribution is 2.26. The zero-order valence-electron chi connectivity index (χ0n) is 14.8. The van der Waals surface area contributed by atoms with Crippen LogP contribution in [0.3, 0.4) is 0 Å². The summed E-state index contributed by atoms with van der Waals surface area (Å²) < 4.78 is 27.0. The van der Waals surface area contributed by atoms with E-state index < -0.39 is 14.9 Å². The Morgan fingerprint density at radius 3 is 2.30 bits per heavy atom. The smallest absolute Gasteiger partial charge is 0.270 e. The second kappa shape index (κ2) is 7.93. The number of piperazine rings is 1. The molecule has 144 valence electrons. The van der Waals surface area contributed by atoms with Crippen LogP contribution in [-0.2, 0) is 10.0 Å². The number of non-ortho nitro benzene ring substituents is 1. The Morgan fingerprint density at radius 1 is 1.07 bits per heavy atom. The fourth-order valence-corrected chi connectivity index (χ4v) is 4.78. The van der Waals surface area contributed by atoms with Crippen LogP contribution in [0, 0.1) is 10.1 Å². The molecule has 27 heavy (non-hydrogen) atoms. The van der Waals surface area contributed by atoms with Crippen molar-refractivity contribution in [2.45, 2.75) is 17.9 Å². The normalized spacial score (nSPS) is 17.6. The lowest BCUT2D eigenvalue weighted by molar-refractivity contribution is -0.385. The molecule has 0 spiro atoms. The molecule has 1 saturated heterocycles. The fraction of sp³-hybridized carbons (Fsp3) is 0.333. The standard InChI is InChI=1S/C18H20ClN3O4S/c1-14(15-5-7-16(19)8-6-15)20-9-11-21(12-10-20)27(25,26)18-4-2-3-17(13-18)22(23)24/h2-8,13-14H,9-12H2,1H3. The highest BCUT2D eigenvalue weighted by atomic mass is 35.5. The number of sulfonamides is 1. The predicted octanol–water partition coefficient (Wildman–Crippen LogP) is 3.32. The lowest BCUT2D eigenvalue weighted by atomic mass is 10.1. The summed E-state index contributed by atoms with van der Waals surface area (Å²) in [6, 6.07) is 13.0. The number of benzene rings is 2. The van der Waals surface area contributed by atoms with E-state index in [1.54, 1.807) is 0 Å². The SMILES string of the molecule is CC(c1ccc(Cl)cc1)N1CCN(S(=O)(=O)c2cccc([N+](=O)[O-])c2)CC1. The molecule has 1 atom stereocenters.